The Morgan fingerprint density at radius 1 is 1.13 bits per heavy atom. The molecule has 88 valence electrons. The summed E-state index contributed by atoms with van der Waals surface area (Å²) in [6.45, 7) is 7.60. The van der Waals surface area contributed by atoms with Crippen LogP contribution >= 0.6 is 12.6 Å². The predicted octanol–water partition coefficient (Wildman–Crippen LogP) is 2.69. The first-order chi connectivity index (χ1) is 7.02. The Morgan fingerprint density at radius 3 is 2.27 bits per heavy atom. The predicted molar refractivity (Wildman–Crippen MR) is 66.4 cm³/mol. The SMILES string of the molecule is CC(C)(S)N1CCC2(CCCCO2)CC1. The van der Waals surface area contributed by atoms with E-state index in [4.69, 9.17) is 4.74 Å². The molecule has 2 aliphatic rings. The van der Waals surface area contributed by atoms with Crippen LogP contribution in [0.5, 0.6) is 0 Å². The fraction of sp³-hybridized carbons (Fsp3) is 1.00. The van der Waals surface area contributed by atoms with Gasteiger partial charge in [0.25, 0.3) is 0 Å². The lowest BCUT2D eigenvalue weighted by atomic mass is 9.84. The molecule has 0 atom stereocenters. The molecule has 2 saturated heterocycles. The molecule has 0 aromatic heterocycles. The second-order valence-electron chi connectivity index (χ2n) is 5.47. The minimum absolute atomic E-state index is 0.0241. The Balaban J connectivity index is 1.91. The number of hydrogen-bond acceptors (Lipinski definition) is 3. The number of likely N-dealkylation sites (tertiary alicyclic amines) is 1. The van der Waals surface area contributed by atoms with E-state index in [1.165, 1.54) is 32.1 Å². The van der Waals surface area contributed by atoms with Crippen molar-refractivity contribution in [3.05, 3.63) is 0 Å². The van der Waals surface area contributed by atoms with E-state index < -0.39 is 0 Å². The molecular formula is C12H23NOS. The minimum Gasteiger partial charge on any atom is -0.375 e. The molecule has 0 saturated carbocycles. The molecule has 2 rings (SSSR count). The van der Waals surface area contributed by atoms with Crippen molar-refractivity contribution in [2.24, 2.45) is 0 Å². The van der Waals surface area contributed by atoms with Crippen LogP contribution in [0, 0.1) is 0 Å². The molecule has 0 radical (unpaired) electrons. The van der Waals surface area contributed by atoms with Crippen molar-refractivity contribution in [1.82, 2.24) is 4.90 Å². The molecule has 1 spiro atoms. The van der Waals surface area contributed by atoms with Crippen LogP contribution in [0.25, 0.3) is 0 Å². The number of rotatable bonds is 1. The maximum Gasteiger partial charge on any atom is 0.0706 e. The maximum absolute atomic E-state index is 6.02. The van der Waals surface area contributed by atoms with Crippen LogP contribution in [0.15, 0.2) is 0 Å². The second-order valence-corrected chi connectivity index (χ2v) is 6.56. The van der Waals surface area contributed by atoms with E-state index in [0.29, 0.717) is 0 Å². The highest BCUT2D eigenvalue weighted by atomic mass is 32.1. The number of ether oxygens (including phenoxy) is 1. The summed E-state index contributed by atoms with van der Waals surface area (Å²) in [6, 6.07) is 0. The largest absolute Gasteiger partial charge is 0.375 e. The summed E-state index contributed by atoms with van der Waals surface area (Å²) < 4.78 is 6.02. The molecule has 0 unspecified atom stereocenters. The smallest absolute Gasteiger partial charge is 0.0706 e. The Labute approximate surface area is 98.8 Å². The van der Waals surface area contributed by atoms with Crippen LogP contribution in [0.2, 0.25) is 0 Å². The lowest BCUT2D eigenvalue weighted by Gasteiger charge is -2.47. The summed E-state index contributed by atoms with van der Waals surface area (Å²) >= 11 is 4.64. The topological polar surface area (TPSA) is 12.5 Å². The van der Waals surface area contributed by atoms with Gasteiger partial charge in [-0.15, -0.1) is 0 Å². The van der Waals surface area contributed by atoms with Crippen molar-refractivity contribution in [2.45, 2.75) is 56.4 Å². The van der Waals surface area contributed by atoms with Gasteiger partial charge in [0.2, 0.25) is 0 Å². The zero-order valence-corrected chi connectivity index (χ0v) is 10.9. The van der Waals surface area contributed by atoms with E-state index >= 15 is 0 Å². The minimum atomic E-state index is 0.0241. The third kappa shape index (κ3) is 2.69. The van der Waals surface area contributed by atoms with Crippen molar-refractivity contribution >= 4 is 12.6 Å². The van der Waals surface area contributed by atoms with Crippen molar-refractivity contribution in [1.29, 1.82) is 0 Å². The molecule has 0 aromatic carbocycles. The summed E-state index contributed by atoms with van der Waals surface area (Å²) in [5.74, 6) is 0. The molecule has 0 aliphatic carbocycles. The number of nitrogens with zero attached hydrogens (tertiary/aromatic N) is 1. The molecular weight excluding hydrogens is 206 g/mol. The van der Waals surface area contributed by atoms with Crippen LogP contribution in [0.1, 0.15) is 46.0 Å². The molecule has 0 N–H and O–H groups in total. The van der Waals surface area contributed by atoms with Crippen LogP contribution in [0.3, 0.4) is 0 Å². The average molecular weight is 229 g/mol. The molecule has 2 aliphatic heterocycles. The first-order valence-electron chi connectivity index (χ1n) is 6.13. The van der Waals surface area contributed by atoms with E-state index in [9.17, 15) is 0 Å². The summed E-state index contributed by atoms with van der Waals surface area (Å²) in [5.41, 5.74) is 0.230. The van der Waals surface area contributed by atoms with Crippen LogP contribution < -0.4 is 0 Å². The molecule has 2 heterocycles. The zero-order valence-electron chi connectivity index (χ0n) is 9.96. The van der Waals surface area contributed by atoms with Crippen molar-refractivity contribution in [3.8, 4) is 0 Å². The molecule has 2 nitrogen and oxygen atoms in total. The van der Waals surface area contributed by atoms with Gasteiger partial charge in [-0.1, -0.05) is 0 Å². The highest BCUT2D eigenvalue weighted by Crippen LogP contribution is 2.37. The molecule has 3 heteroatoms. The molecule has 15 heavy (non-hydrogen) atoms. The van der Waals surface area contributed by atoms with Gasteiger partial charge in [-0.05, 0) is 46.0 Å². The highest BCUT2D eigenvalue weighted by molar-refractivity contribution is 7.81. The summed E-state index contributed by atoms with van der Waals surface area (Å²) in [7, 11) is 0. The average Bonchev–Trinajstić information content (AvgIpc) is 2.18. The number of hydrogen-bond donors (Lipinski definition) is 1. The number of piperidine rings is 1. The fourth-order valence-electron chi connectivity index (χ4n) is 2.77. The summed E-state index contributed by atoms with van der Waals surface area (Å²) in [5, 5.41) is 0. The lowest BCUT2D eigenvalue weighted by molar-refractivity contribution is -0.115. The van der Waals surface area contributed by atoms with Gasteiger partial charge in [-0.3, -0.25) is 4.90 Å². The van der Waals surface area contributed by atoms with Crippen molar-refractivity contribution in [2.75, 3.05) is 19.7 Å². The molecule has 0 aromatic rings. The summed E-state index contributed by atoms with van der Waals surface area (Å²) in [6.07, 6.45) is 6.26. The first-order valence-corrected chi connectivity index (χ1v) is 6.58. The van der Waals surface area contributed by atoms with Gasteiger partial charge < -0.3 is 4.74 Å². The second kappa shape index (κ2) is 4.27. The van der Waals surface area contributed by atoms with Gasteiger partial charge in [-0.2, -0.15) is 12.6 Å². The maximum atomic E-state index is 6.02. The van der Waals surface area contributed by atoms with Gasteiger partial charge in [0, 0.05) is 19.7 Å². The normalized spacial score (nSPS) is 28.2. The van der Waals surface area contributed by atoms with Gasteiger partial charge >= 0.3 is 0 Å². The lowest BCUT2D eigenvalue weighted by Crippen LogP contribution is -2.52. The molecule has 0 bridgehead atoms. The van der Waals surface area contributed by atoms with Crippen LogP contribution in [-0.4, -0.2) is 35.1 Å². The standard InChI is InChI=1S/C12H23NOS/c1-11(2,15)13-8-6-12(7-9-13)5-3-4-10-14-12/h15H,3-10H2,1-2H3. The zero-order chi connectivity index (χ0) is 10.9. The van der Waals surface area contributed by atoms with E-state index in [0.717, 1.165) is 19.7 Å². The third-order valence-electron chi connectivity index (χ3n) is 3.88. The Hall–Kier alpha value is 0.270. The number of thiol groups is 1. The van der Waals surface area contributed by atoms with E-state index in [1.807, 2.05) is 0 Å². The molecule has 0 amide bonds. The van der Waals surface area contributed by atoms with Gasteiger partial charge in [-0.25, -0.2) is 0 Å². The Bertz CT molecular complexity index is 208. The monoisotopic (exact) mass is 229 g/mol. The van der Waals surface area contributed by atoms with Gasteiger partial charge in [0.05, 0.1) is 10.5 Å². The quantitative estimate of drug-likeness (QED) is 0.694. The van der Waals surface area contributed by atoms with Crippen molar-refractivity contribution < 1.29 is 4.74 Å². The Kier molecular flexibility index (Phi) is 3.34. The van der Waals surface area contributed by atoms with Gasteiger partial charge in [0.15, 0.2) is 0 Å². The van der Waals surface area contributed by atoms with E-state index in [2.05, 4.69) is 31.4 Å². The van der Waals surface area contributed by atoms with E-state index in [1.54, 1.807) is 0 Å². The van der Waals surface area contributed by atoms with E-state index in [-0.39, 0.29) is 10.5 Å². The fourth-order valence-corrected chi connectivity index (χ4v) is 2.97. The van der Waals surface area contributed by atoms with Gasteiger partial charge in [0.1, 0.15) is 0 Å². The molecule has 2 fully saturated rings. The van der Waals surface area contributed by atoms with Crippen LogP contribution in [-0.2, 0) is 4.74 Å². The van der Waals surface area contributed by atoms with Crippen molar-refractivity contribution in [3.63, 3.8) is 0 Å². The Morgan fingerprint density at radius 2 is 1.80 bits per heavy atom. The highest BCUT2D eigenvalue weighted by Gasteiger charge is 2.39. The first kappa shape index (κ1) is 11.7. The third-order valence-corrected chi connectivity index (χ3v) is 4.17. The summed E-state index contributed by atoms with van der Waals surface area (Å²) in [4.78, 5) is 2.48. The van der Waals surface area contributed by atoms with Crippen LogP contribution in [0.4, 0.5) is 0 Å².